The Morgan fingerprint density at radius 3 is 2.89 bits per heavy atom. The van der Waals surface area contributed by atoms with Crippen LogP contribution in [0, 0.1) is 12.3 Å². The van der Waals surface area contributed by atoms with Crippen molar-refractivity contribution in [3.8, 4) is 0 Å². The van der Waals surface area contributed by atoms with Gasteiger partial charge in [-0.3, -0.25) is 4.79 Å². The number of rotatable bonds is 3. The largest absolute Gasteiger partial charge is 0.316 e. The molecule has 1 unspecified atom stereocenters. The third-order valence-corrected chi connectivity index (χ3v) is 4.18. The third kappa shape index (κ3) is 2.93. The zero-order chi connectivity index (χ0) is 13.2. The molecule has 3 heteroatoms. The van der Waals surface area contributed by atoms with Gasteiger partial charge in [0.1, 0.15) is 5.78 Å². The standard InChI is InChI=1S/C15H20ClNO/c1-11-4-5-12(13(16)8-11)9-14(18)15(2)6-3-7-17-10-15/h4-5,8,17H,3,6-7,9-10H2,1-2H3. The number of benzene rings is 1. The van der Waals surface area contributed by atoms with Crippen LogP contribution in [0.4, 0.5) is 0 Å². The second-order valence-corrected chi connectivity index (χ2v) is 5.94. The van der Waals surface area contributed by atoms with Crippen LogP contribution in [-0.4, -0.2) is 18.9 Å². The van der Waals surface area contributed by atoms with Crippen molar-refractivity contribution < 1.29 is 4.79 Å². The summed E-state index contributed by atoms with van der Waals surface area (Å²) in [5, 5.41) is 4.02. The van der Waals surface area contributed by atoms with Gasteiger partial charge in [-0.05, 0) is 43.5 Å². The first-order valence-corrected chi connectivity index (χ1v) is 6.88. The molecule has 0 saturated carbocycles. The summed E-state index contributed by atoms with van der Waals surface area (Å²) < 4.78 is 0. The molecule has 2 rings (SSSR count). The molecule has 1 aromatic rings. The normalized spacial score (nSPS) is 23.9. The highest BCUT2D eigenvalue weighted by Crippen LogP contribution is 2.29. The number of piperidine rings is 1. The van der Waals surface area contributed by atoms with Gasteiger partial charge in [-0.2, -0.15) is 0 Å². The quantitative estimate of drug-likeness (QED) is 0.910. The Labute approximate surface area is 114 Å². The lowest BCUT2D eigenvalue weighted by Gasteiger charge is -2.32. The smallest absolute Gasteiger partial charge is 0.144 e. The molecule has 1 heterocycles. The summed E-state index contributed by atoms with van der Waals surface area (Å²) in [5.41, 5.74) is 1.84. The van der Waals surface area contributed by atoms with Crippen LogP contribution >= 0.6 is 11.6 Å². The van der Waals surface area contributed by atoms with Crippen molar-refractivity contribution in [2.24, 2.45) is 5.41 Å². The Kier molecular flexibility index (Phi) is 4.08. The van der Waals surface area contributed by atoms with Crippen molar-refractivity contribution in [3.05, 3.63) is 34.3 Å². The van der Waals surface area contributed by atoms with Gasteiger partial charge in [0.2, 0.25) is 0 Å². The third-order valence-electron chi connectivity index (χ3n) is 3.83. The molecule has 1 saturated heterocycles. The Morgan fingerprint density at radius 2 is 2.28 bits per heavy atom. The molecule has 98 valence electrons. The van der Waals surface area contributed by atoms with E-state index in [0.29, 0.717) is 17.2 Å². The average Bonchev–Trinajstić information content (AvgIpc) is 2.33. The summed E-state index contributed by atoms with van der Waals surface area (Å²) in [7, 11) is 0. The van der Waals surface area contributed by atoms with Crippen LogP contribution in [0.5, 0.6) is 0 Å². The maximum atomic E-state index is 12.4. The van der Waals surface area contributed by atoms with E-state index in [1.165, 1.54) is 0 Å². The first-order chi connectivity index (χ1) is 8.51. The van der Waals surface area contributed by atoms with E-state index < -0.39 is 0 Å². The van der Waals surface area contributed by atoms with Gasteiger partial charge in [-0.15, -0.1) is 0 Å². The molecule has 1 N–H and O–H groups in total. The topological polar surface area (TPSA) is 29.1 Å². The second-order valence-electron chi connectivity index (χ2n) is 5.54. The predicted molar refractivity (Wildman–Crippen MR) is 75.1 cm³/mol. The minimum Gasteiger partial charge on any atom is -0.316 e. The number of hydrogen-bond acceptors (Lipinski definition) is 2. The fourth-order valence-electron chi connectivity index (χ4n) is 2.48. The fourth-order valence-corrected chi connectivity index (χ4v) is 2.78. The molecule has 0 radical (unpaired) electrons. The Morgan fingerprint density at radius 1 is 1.50 bits per heavy atom. The number of nitrogens with one attached hydrogen (secondary N) is 1. The van der Waals surface area contributed by atoms with Gasteiger partial charge in [0, 0.05) is 23.4 Å². The van der Waals surface area contributed by atoms with E-state index in [1.807, 2.05) is 25.1 Å². The maximum absolute atomic E-state index is 12.4. The van der Waals surface area contributed by atoms with Gasteiger partial charge in [0.25, 0.3) is 0 Å². The van der Waals surface area contributed by atoms with E-state index in [9.17, 15) is 4.79 Å². The lowest BCUT2D eigenvalue weighted by atomic mass is 9.77. The summed E-state index contributed by atoms with van der Waals surface area (Å²) in [6.07, 6.45) is 2.49. The van der Waals surface area contributed by atoms with Crippen molar-refractivity contribution in [1.29, 1.82) is 0 Å². The summed E-state index contributed by atoms with van der Waals surface area (Å²) in [6, 6.07) is 5.90. The minimum atomic E-state index is -0.230. The molecule has 18 heavy (non-hydrogen) atoms. The second kappa shape index (κ2) is 5.41. The number of Topliss-reactive ketones (excluding diaryl/α,β-unsaturated/α-hetero) is 1. The summed E-state index contributed by atoms with van der Waals surface area (Å²) >= 11 is 6.19. The zero-order valence-corrected chi connectivity index (χ0v) is 11.8. The van der Waals surface area contributed by atoms with Gasteiger partial charge in [-0.1, -0.05) is 30.7 Å². The minimum absolute atomic E-state index is 0.230. The molecule has 0 bridgehead atoms. The number of carbonyl (C=O) groups excluding carboxylic acids is 1. The van der Waals surface area contributed by atoms with Crippen LogP contribution in [0.1, 0.15) is 30.9 Å². The van der Waals surface area contributed by atoms with E-state index >= 15 is 0 Å². The van der Waals surface area contributed by atoms with Crippen LogP contribution in [0.3, 0.4) is 0 Å². The van der Waals surface area contributed by atoms with E-state index in [4.69, 9.17) is 11.6 Å². The van der Waals surface area contributed by atoms with Crippen LogP contribution in [0.15, 0.2) is 18.2 Å². The number of hydrogen-bond donors (Lipinski definition) is 1. The summed E-state index contributed by atoms with van der Waals surface area (Å²) in [6.45, 7) is 5.87. The molecular weight excluding hydrogens is 246 g/mol. The maximum Gasteiger partial charge on any atom is 0.144 e. The van der Waals surface area contributed by atoms with Crippen LogP contribution in [-0.2, 0) is 11.2 Å². The zero-order valence-electron chi connectivity index (χ0n) is 11.1. The summed E-state index contributed by atoms with van der Waals surface area (Å²) in [5.74, 6) is 0.292. The van der Waals surface area contributed by atoms with E-state index in [1.54, 1.807) is 0 Å². The van der Waals surface area contributed by atoms with Crippen LogP contribution in [0.25, 0.3) is 0 Å². The van der Waals surface area contributed by atoms with Gasteiger partial charge >= 0.3 is 0 Å². The molecule has 1 atom stereocenters. The predicted octanol–water partition coefficient (Wildman–Crippen LogP) is 3.15. The molecule has 1 aromatic carbocycles. The fraction of sp³-hybridized carbons (Fsp3) is 0.533. The van der Waals surface area contributed by atoms with Gasteiger partial charge in [0.15, 0.2) is 0 Å². The first kappa shape index (κ1) is 13.6. The summed E-state index contributed by atoms with van der Waals surface area (Å²) in [4.78, 5) is 12.4. The number of aryl methyl sites for hydroxylation is 1. The molecule has 0 spiro atoms. The monoisotopic (exact) mass is 265 g/mol. The molecule has 0 amide bonds. The molecule has 0 aliphatic carbocycles. The highest BCUT2D eigenvalue weighted by molar-refractivity contribution is 6.31. The van der Waals surface area contributed by atoms with E-state index in [0.717, 1.165) is 37.1 Å². The first-order valence-electron chi connectivity index (χ1n) is 6.50. The van der Waals surface area contributed by atoms with Gasteiger partial charge < -0.3 is 5.32 Å². The van der Waals surface area contributed by atoms with Crippen molar-refractivity contribution in [2.45, 2.75) is 33.1 Å². The van der Waals surface area contributed by atoms with E-state index in [-0.39, 0.29) is 5.41 Å². The number of halogens is 1. The highest BCUT2D eigenvalue weighted by atomic mass is 35.5. The van der Waals surface area contributed by atoms with E-state index in [2.05, 4.69) is 12.2 Å². The number of carbonyl (C=O) groups is 1. The Balaban J connectivity index is 2.11. The lowest BCUT2D eigenvalue weighted by Crippen LogP contribution is -2.44. The average molecular weight is 266 g/mol. The molecule has 1 fully saturated rings. The lowest BCUT2D eigenvalue weighted by molar-refractivity contribution is -0.128. The Hall–Kier alpha value is -0.860. The highest BCUT2D eigenvalue weighted by Gasteiger charge is 2.34. The Bertz CT molecular complexity index is 450. The molecule has 1 aliphatic rings. The van der Waals surface area contributed by atoms with Gasteiger partial charge in [-0.25, -0.2) is 0 Å². The molecular formula is C15H20ClNO. The molecule has 2 nitrogen and oxygen atoms in total. The SMILES string of the molecule is Cc1ccc(CC(=O)C2(C)CCCNC2)c(Cl)c1. The number of ketones is 1. The van der Waals surface area contributed by atoms with Crippen LogP contribution < -0.4 is 5.32 Å². The van der Waals surface area contributed by atoms with Crippen molar-refractivity contribution in [1.82, 2.24) is 5.32 Å². The molecule has 1 aliphatic heterocycles. The van der Waals surface area contributed by atoms with Gasteiger partial charge in [0.05, 0.1) is 0 Å². The van der Waals surface area contributed by atoms with Crippen molar-refractivity contribution in [2.75, 3.05) is 13.1 Å². The molecule has 0 aromatic heterocycles. The van der Waals surface area contributed by atoms with Crippen molar-refractivity contribution >= 4 is 17.4 Å². The van der Waals surface area contributed by atoms with Crippen LogP contribution in [0.2, 0.25) is 5.02 Å². The van der Waals surface area contributed by atoms with Crippen molar-refractivity contribution in [3.63, 3.8) is 0 Å².